The Kier molecular flexibility index (Phi) is 6.24. The van der Waals surface area contributed by atoms with Gasteiger partial charge in [0.25, 0.3) is 0 Å². The maximum Gasteiger partial charge on any atom is 0.225 e. The summed E-state index contributed by atoms with van der Waals surface area (Å²) in [5, 5.41) is 8.55. The van der Waals surface area contributed by atoms with Crippen LogP contribution in [0, 0.1) is 19.8 Å². The molecule has 1 N–H and O–H groups in total. The number of anilines is 1. The fraction of sp³-hybridized carbons (Fsp3) is 0.296. The van der Waals surface area contributed by atoms with Gasteiger partial charge < -0.3 is 10.2 Å². The van der Waals surface area contributed by atoms with E-state index in [0.29, 0.717) is 18.1 Å². The standard InChI is InChI=1S/C27H28ClN5O/c1-18-8-9-21(13-19(18)2)24-15-25-26(29-10-12-33(25)31-24)32-11-4-6-22(17-32)27(34)30-16-20-5-3-7-23(28)14-20/h3,5,7-10,12-15,22H,4,6,11,16-17H2,1-2H3,(H,30,34)/t22-/m0/s1. The molecule has 0 saturated carbocycles. The number of amides is 1. The van der Waals surface area contributed by atoms with Gasteiger partial charge in [0.15, 0.2) is 5.82 Å². The smallest absolute Gasteiger partial charge is 0.225 e. The summed E-state index contributed by atoms with van der Waals surface area (Å²) in [6, 6.07) is 16.1. The predicted octanol–water partition coefficient (Wildman–Crippen LogP) is 5.20. The van der Waals surface area contributed by atoms with Crippen molar-refractivity contribution < 1.29 is 4.79 Å². The van der Waals surface area contributed by atoms with E-state index in [1.165, 1.54) is 11.1 Å². The van der Waals surface area contributed by atoms with Crippen molar-refractivity contribution in [2.45, 2.75) is 33.2 Å². The molecular weight excluding hydrogens is 446 g/mol. The highest BCUT2D eigenvalue weighted by Gasteiger charge is 2.27. The summed E-state index contributed by atoms with van der Waals surface area (Å²) < 4.78 is 1.88. The number of rotatable bonds is 5. The van der Waals surface area contributed by atoms with Gasteiger partial charge in [-0.2, -0.15) is 5.10 Å². The maximum atomic E-state index is 12.9. The summed E-state index contributed by atoms with van der Waals surface area (Å²) in [5.41, 5.74) is 6.48. The lowest BCUT2D eigenvalue weighted by Gasteiger charge is -2.33. The molecule has 1 aliphatic rings. The van der Waals surface area contributed by atoms with E-state index in [0.717, 1.165) is 47.5 Å². The number of carbonyl (C=O) groups is 1. The third kappa shape index (κ3) is 4.64. The van der Waals surface area contributed by atoms with E-state index in [9.17, 15) is 4.79 Å². The molecule has 2 aromatic carbocycles. The first-order valence-electron chi connectivity index (χ1n) is 11.7. The van der Waals surface area contributed by atoms with E-state index in [-0.39, 0.29) is 11.8 Å². The minimum atomic E-state index is -0.0860. The molecular formula is C27H28ClN5O. The van der Waals surface area contributed by atoms with Crippen LogP contribution >= 0.6 is 11.6 Å². The second-order valence-electron chi connectivity index (χ2n) is 9.04. The molecule has 1 fully saturated rings. The number of carbonyl (C=O) groups excluding carboxylic acids is 1. The summed E-state index contributed by atoms with van der Waals surface area (Å²) in [5.74, 6) is 0.857. The predicted molar refractivity (Wildman–Crippen MR) is 136 cm³/mol. The summed E-state index contributed by atoms with van der Waals surface area (Å²) in [4.78, 5) is 19.8. The zero-order valence-electron chi connectivity index (χ0n) is 19.5. The first-order valence-corrected chi connectivity index (χ1v) is 12.0. The van der Waals surface area contributed by atoms with Crippen LogP contribution in [0.15, 0.2) is 60.9 Å². The van der Waals surface area contributed by atoms with Gasteiger partial charge in [-0.15, -0.1) is 0 Å². The second kappa shape index (κ2) is 9.47. The highest BCUT2D eigenvalue weighted by atomic mass is 35.5. The second-order valence-corrected chi connectivity index (χ2v) is 9.48. The fourth-order valence-electron chi connectivity index (χ4n) is 4.56. The van der Waals surface area contributed by atoms with E-state index in [2.05, 4.69) is 53.3 Å². The first-order chi connectivity index (χ1) is 16.5. The van der Waals surface area contributed by atoms with Crippen molar-refractivity contribution in [3.8, 4) is 11.3 Å². The molecule has 0 aliphatic carbocycles. The number of nitrogens with zero attached hydrogens (tertiary/aromatic N) is 4. The monoisotopic (exact) mass is 473 g/mol. The average molecular weight is 474 g/mol. The maximum absolute atomic E-state index is 12.9. The summed E-state index contributed by atoms with van der Waals surface area (Å²) >= 11 is 6.07. The Balaban J connectivity index is 1.34. The molecule has 0 spiro atoms. The number of fused-ring (bicyclic) bond motifs is 1. The number of halogens is 1. The van der Waals surface area contributed by atoms with Gasteiger partial charge in [0.05, 0.1) is 11.6 Å². The molecule has 0 radical (unpaired) electrons. The first kappa shape index (κ1) is 22.4. The normalized spacial score (nSPS) is 16.1. The molecule has 1 aliphatic heterocycles. The third-order valence-electron chi connectivity index (χ3n) is 6.62. The Morgan fingerprint density at radius 3 is 2.85 bits per heavy atom. The zero-order chi connectivity index (χ0) is 23.7. The number of nitrogens with one attached hydrogen (secondary N) is 1. The average Bonchev–Trinajstić information content (AvgIpc) is 3.29. The third-order valence-corrected chi connectivity index (χ3v) is 6.85. The van der Waals surface area contributed by atoms with Crippen LogP contribution in [-0.4, -0.2) is 33.6 Å². The summed E-state index contributed by atoms with van der Waals surface area (Å²) in [6.45, 7) is 6.22. The number of piperidine rings is 1. The number of hydrogen-bond acceptors (Lipinski definition) is 4. The molecule has 34 heavy (non-hydrogen) atoms. The van der Waals surface area contributed by atoms with Gasteiger partial charge in [-0.1, -0.05) is 35.9 Å². The lowest BCUT2D eigenvalue weighted by atomic mass is 9.97. The molecule has 0 unspecified atom stereocenters. The molecule has 0 bridgehead atoms. The molecule has 1 saturated heterocycles. The SMILES string of the molecule is Cc1ccc(-c2cc3c(N4CCC[C@H](C(=O)NCc5cccc(Cl)c5)C4)nccn3n2)cc1C. The molecule has 6 nitrogen and oxygen atoms in total. The zero-order valence-corrected chi connectivity index (χ0v) is 20.2. The van der Waals surface area contributed by atoms with E-state index in [1.807, 2.05) is 35.0 Å². The van der Waals surface area contributed by atoms with Crippen molar-refractivity contribution in [1.82, 2.24) is 19.9 Å². The number of aryl methyl sites for hydroxylation is 2. The molecule has 5 rings (SSSR count). The van der Waals surface area contributed by atoms with Gasteiger partial charge in [-0.3, -0.25) is 4.79 Å². The Hall–Kier alpha value is -3.38. The molecule has 3 heterocycles. The van der Waals surface area contributed by atoms with Crippen LogP contribution in [0.5, 0.6) is 0 Å². The van der Waals surface area contributed by atoms with Crippen LogP contribution in [0.2, 0.25) is 5.02 Å². The summed E-state index contributed by atoms with van der Waals surface area (Å²) in [6.07, 6.45) is 5.47. The van der Waals surface area contributed by atoms with E-state index in [1.54, 1.807) is 6.20 Å². The largest absolute Gasteiger partial charge is 0.354 e. The van der Waals surface area contributed by atoms with Gasteiger partial charge in [0.1, 0.15) is 5.52 Å². The van der Waals surface area contributed by atoms with Crippen LogP contribution in [0.1, 0.15) is 29.5 Å². The molecule has 2 aromatic heterocycles. The topological polar surface area (TPSA) is 62.5 Å². The molecule has 4 aromatic rings. The Labute approximate surface area is 204 Å². The fourth-order valence-corrected chi connectivity index (χ4v) is 4.77. The minimum absolute atomic E-state index is 0.0703. The van der Waals surface area contributed by atoms with Crippen molar-refractivity contribution in [1.29, 1.82) is 0 Å². The number of benzene rings is 2. The van der Waals surface area contributed by atoms with E-state index >= 15 is 0 Å². The molecule has 1 amide bonds. The van der Waals surface area contributed by atoms with Gasteiger partial charge >= 0.3 is 0 Å². The van der Waals surface area contributed by atoms with Crippen LogP contribution in [-0.2, 0) is 11.3 Å². The summed E-state index contributed by atoms with van der Waals surface area (Å²) in [7, 11) is 0. The van der Waals surface area contributed by atoms with Crippen LogP contribution < -0.4 is 10.2 Å². The van der Waals surface area contributed by atoms with Gasteiger partial charge in [0, 0.05) is 42.6 Å². The highest BCUT2D eigenvalue weighted by molar-refractivity contribution is 6.30. The van der Waals surface area contributed by atoms with Gasteiger partial charge in [0.2, 0.25) is 5.91 Å². The van der Waals surface area contributed by atoms with Crippen molar-refractivity contribution in [2.24, 2.45) is 5.92 Å². The Morgan fingerprint density at radius 1 is 1.15 bits per heavy atom. The van der Waals surface area contributed by atoms with Crippen molar-refractivity contribution >= 4 is 28.8 Å². The lowest BCUT2D eigenvalue weighted by Crippen LogP contribution is -2.43. The van der Waals surface area contributed by atoms with Crippen molar-refractivity contribution in [3.05, 3.63) is 82.6 Å². The quantitative estimate of drug-likeness (QED) is 0.432. The number of hydrogen-bond donors (Lipinski definition) is 1. The lowest BCUT2D eigenvalue weighted by molar-refractivity contribution is -0.125. The Morgan fingerprint density at radius 2 is 2.03 bits per heavy atom. The highest BCUT2D eigenvalue weighted by Crippen LogP contribution is 2.29. The van der Waals surface area contributed by atoms with Crippen molar-refractivity contribution in [3.63, 3.8) is 0 Å². The number of aromatic nitrogens is 3. The van der Waals surface area contributed by atoms with E-state index < -0.39 is 0 Å². The van der Waals surface area contributed by atoms with Gasteiger partial charge in [-0.25, -0.2) is 9.50 Å². The van der Waals surface area contributed by atoms with Crippen molar-refractivity contribution in [2.75, 3.05) is 18.0 Å². The molecule has 174 valence electrons. The molecule has 7 heteroatoms. The van der Waals surface area contributed by atoms with Crippen LogP contribution in [0.3, 0.4) is 0 Å². The van der Waals surface area contributed by atoms with E-state index in [4.69, 9.17) is 16.7 Å². The van der Waals surface area contributed by atoms with Crippen LogP contribution in [0.25, 0.3) is 16.8 Å². The van der Waals surface area contributed by atoms with Crippen LogP contribution in [0.4, 0.5) is 5.82 Å². The van der Waals surface area contributed by atoms with Gasteiger partial charge in [-0.05, 0) is 67.6 Å². The Bertz CT molecular complexity index is 1350. The molecule has 1 atom stereocenters. The minimum Gasteiger partial charge on any atom is -0.354 e.